The molecule has 1 fully saturated rings. The molecule has 6 nitrogen and oxygen atoms in total. The lowest BCUT2D eigenvalue weighted by Crippen LogP contribution is -2.47. The molecule has 0 radical (unpaired) electrons. The quantitative estimate of drug-likeness (QED) is 0.281. The van der Waals surface area contributed by atoms with Gasteiger partial charge in [0.1, 0.15) is 5.82 Å². The van der Waals surface area contributed by atoms with E-state index in [0.29, 0.717) is 41.4 Å². The van der Waals surface area contributed by atoms with Crippen LogP contribution in [0.4, 0.5) is 43.8 Å². The van der Waals surface area contributed by atoms with Crippen LogP contribution in [0.1, 0.15) is 11.1 Å². The summed E-state index contributed by atoms with van der Waals surface area (Å²) >= 11 is 0. The fourth-order valence-corrected chi connectivity index (χ4v) is 4.30. The average molecular weight is 506 g/mol. The standard InChI is InChI=1S/C24H20F6N6/c25-23(26,27)15-12-17(14-3-5-16(31)6-4-14)20-19(13-15)33-22(34-20)36-10-8-35(9-11-36)21-18(24(28,29)30)2-1-7-32-21/h1-7,12-13H,8-11,31H2,(H,33,34). The lowest BCUT2D eigenvalue weighted by molar-refractivity contribution is -0.138. The molecular formula is C24H20F6N6. The highest BCUT2D eigenvalue weighted by atomic mass is 19.4. The molecule has 0 unspecified atom stereocenters. The SMILES string of the molecule is Nc1ccc(-c2cc(C(F)(F)F)cc3nc(N4CCN(c5ncccc5C(F)(F)F)CC4)[nH]c23)cc1. The summed E-state index contributed by atoms with van der Waals surface area (Å²) in [6.07, 6.45) is -7.79. The predicted octanol–water partition coefficient (Wildman–Crippen LogP) is 5.57. The number of fused-ring (bicyclic) bond motifs is 1. The fourth-order valence-electron chi connectivity index (χ4n) is 4.30. The van der Waals surface area contributed by atoms with Crippen molar-refractivity contribution in [3.8, 4) is 11.1 Å². The number of benzene rings is 2. The van der Waals surface area contributed by atoms with E-state index in [-0.39, 0.29) is 24.4 Å². The molecule has 2 aromatic heterocycles. The summed E-state index contributed by atoms with van der Waals surface area (Å²) in [4.78, 5) is 14.8. The van der Waals surface area contributed by atoms with Gasteiger partial charge in [-0.15, -0.1) is 0 Å². The summed E-state index contributed by atoms with van der Waals surface area (Å²) in [6, 6.07) is 10.7. The number of aromatic nitrogens is 3. The fraction of sp³-hybridized carbons (Fsp3) is 0.250. The van der Waals surface area contributed by atoms with Crippen LogP contribution >= 0.6 is 0 Å². The summed E-state index contributed by atoms with van der Waals surface area (Å²) < 4.78 is 81.0. The molecule has 3 heterocycles. The highest BCUT2D eigenvalue weighted by molar-refractivity contribution is 5.94. The lowest BCUT2D eigenvalue weighted by Gasteiger charge is -2.36. The number of aromatic amines is 1. The molecule has 0 amide bonds. The molecule has 0 bridgehead atoms. The minimum absolute atomic E-state index is 0.137. The van der Waals surface area contributed by atoms with E-state index in [4.69, 9.17) is 5.73 Å². The zero-order valence-electron chi connectivity index (χ0n) is 18.7. The number of hydrogen-bond donors (Lipinski definition) is 2. The van der Waals surface area contributed by atoms with Gasteiger partial charge in [-0.05, 0) is 42.0 Å². The first-order chi connectivity index (χ1) is 17.0. The Bertz CT molecular complexity index is 1390. The van der Waals surface area contributed by atoms with Gasteiger partial charge < -0.3 is 20.5 Å². The largest absolute Gasteiger partial charge is 0.419 e. The molecule has 12 heteroatoms. The van der Waals surface area contributed by atoms with Crippen LogP contribution in [0.25, 0.3) is 22.2 Å². The third-order valence-corrected chi connectivity index (χ3v) is 6.10. The van der Waals surface area contributed by atoms with Gasteiger partial charge in [0.15, 0.2) is 0 Å². The van der Waals surface area contributed by atoms with Crippen molar-refractivity contribution in [3.63, 3.8) is 0 Å². The average Bonchev–Trinajstić information content (AvgIpc) is 3.27. The van der Waals surface area contributed by atoms with E-state index < -0.39 is 23.5 Å². The molecule has 4 aromatic rings. The van der Waals surface area contributed by atoms with Gasteiger partial charge in [0, 0.05) is 43.6 Å². The number of pyridine rings is 1. The van der Waals surface area contributed by atoms with Crippen molar-refractivity contribution >= 4 is 28.5 Å². The monoisotopic (exact) mass is 506 g/mol. The molecule has 2 aromatic carbocycles. The Morgan fingerprint density at radius 3 is 2.14 bits per heavy atom. The number of H-pyrrole nitrogens is 1. The van der Waals surface area contributed by atoms with E-state index in [1.807, 2.05) is 0 Å². The van der Waals surface area contributed by atoms with Crippen molar-refractivity contribution in [2.45, 2.75) is 12.4 Å². The second-order valence-electron chi connectivity index (χ2n) is 8.44. The van der Waals surface area contributed by atoms with Crippen LogP contribution in [0.3, 0.4) is 0 Å². The van der Waals surface area contributed by atoms with Gasteiger partial charge in [-0.25, -0.2) is 9.97 Å². The number of anilines is 3. The van der Waals surface area contributed by atoms with Crippen LogP contribution in [0.15, 0.2) is 54.7 Å². The molecular weight excluding hydrogens is 486 g/mol. The number of nitrogen functional groups attached to an aromatic ring is 1. The molecule has 1 aliphatic heterocycles. The number of hydrogen-bond acceptors (Lipinski definition) is 5. The normalized spacial score (nSPS) is 15.1. The first kappa shape index (κ1) is 23.8. The molecule has 1 aliphatic rings. The minimum Gasteiger partial charge on any atom is -0.399 e. The number of nitrogens with zero attached hydrogens (tertiary/aromatic N) is 4. The molecule has 0 atom stereocenters. The second-order valence-corrected chi connectivity index (χ2v) is 8.44. The maximum absolute atomic E-state index is 13.6. The minimum atomic E-state index is -4.57. The molecule has 0 saturated carbocycles. The van der Waals surface area contributed by atoms with Crippen molar-refractivity contribution in [1.29, 1.82) is 0 Å². The smallest absolute Gasteiger partial charge is 0.399 e. The van der Waals surface area contributed by atoms with E-state index in [1.54, 1.807) is 34.1 Å². The highest BCUT2D eigenvalue weighted by Gasteiger charge is 2.36. The Morgan fingerprint density at radius 1 is 0.833 bits per heavy atom. The maximum Gasteiger partial charge on any atom is 0.419 e. The Hall–Kier alpha value is -3.96. The number of rotatable bonds is 3. The lowest BCUT2D eigenvalue weighted by atomic mass is 10.0. The van der Waals surface area contributed by atoms with Gasteiger partial charge in [0.25, 0.3) is 0 Å². The van der Waals surface area contributed by atoms with Crippen LogP contribution in [0.2, 0.25) is 0 Å². The second kappa shape index (κ2) is 8.61. The zero-order chi connectivity index (χ0) is 25.7. The van der Waals surface area contributed by atoms with E-state index in [1.165, 1.54) is 12.3 Å². The Labute approximate surface area is 201 Å². The molecule has 1 saturated heterocycles. The predicted molar refractivity (Wildman–Crippen MR) is 125 cm³/mol. The van der Waals surface area contributed by atoms with Crippen molar-refractivity contribution in [2.75, 3.05) is 41.7 Å². The van der Waals surface area contributed by atoms with E-state index >= 15 is 0 Å². The van der Waals surface area contributed by atoms with Crippen molar-refractivity contribution < 1.29 is 26.3 Å². The van der Waals surface area contributed by atoms with Crippen molar-refractivity contribution in [3.05, 3.63) is 65.9 Å². The summed E-state index contributed by atoms with van der Waals surface area (Å²) in [5, 5.41) is 0. The van der Waals surface area contributed by atoms with Crippen LogP contribution in [0, 0.1) is 0 Å². The Morgan fingerprint density at radius 2 is 1.50 bits per heavy atom. The van der Waals surface area contributed by atoms with Crippen LogP contribution in [-0.2, 0) is 12.4 Å². The first-order valence-electron chi connectivity index (χ1n) is 11.0. The summed E-state index contributed by atoms with van der Waals surface area (Å²) in [5.74, 6) is 0.201. The molecule has 0 aliphatic carbocycles. The highest BCUT2D eigenvalue weighted by Crippen LogP contribution is 2.38. The van der Waals surface area contributed by atoms with Gasteiger partial charge in [-0.2, -0.15) is 26.3 Å². The number of nitrogens with one attached hydrogen (secondary N) is 1. The number of nitrogens with two attached hydrogens (primary N) is 1. The number of piperazine rings is 1. The van der Waals surface area contributed by atoms with Gasteiger partial charge in [0.2, 0.25) is 5.95 Å². The molecule has 188 valence electrons. The van der Waals surface area contributed by atoms with Gasteiger partial charge in [0.05, 0.1) is 22.2 Å². The molecule has 0 spiro atoms. The summed E-state index contributed by atoms with van der Waals surface area (Å²) in [7, 11) is 0. The van der Waals surface area contributed by atoms with Gasteiger partial charge in [-0.1, -0.05) is 12.1 Å². The van der Waals surface area contributed by atoms with Crippen LogP contribution in [0.5, 0.6) is 0 Å². The van der Waals surface area contributed by atoms with Gasteiger partial charge >= 0.3 is 12.4 Å². The topological polar surface area (TPSA) is 74.1 Å². The van der Waals surface area contributed by atoms with Crippen molar-refractivity contribution in [2.24, 2.45) is 0 Å². The van der Waals surface area contributed by atoms with E-state index in [2.05, 4.69) is 15.0 Å². The summed E-state index contributed by atoms with van der Waals surface area (Å²) in [5.41, 5.74) is 5.98. The van der Waals surface area contributed by atoms with Crippen LogP contribution < -0.4 is 15.5 Å². The van der Waals surface area contributed by atoms with Crippen molar-refractivity contribution in [1.82, 2.24) is 15.0 Å². The van der Waals surface area contributed by atoms with Gasteiger partial charge in [-0.3, -0.25) is 0 Å². The third kappa shape index (κ3) is 4.50. The first-order valence-corrected chi connectivity index (χ1v) is 11.0. The van der Waals surface area contributed by atoms with Crippen LogP contribution in [-0.4, -0.2) is 41.1 Å². The number of alkyl halides is 6. The Balaban J connectivity index is 1.46. The van der Waals surface area contributed by atoms with E-state index in [0.717, 1.165) is 18.2 Å². The molecule has 36 heavy (non-hydrogen) atoms. The zero-order valence-corrected chi connectivity index (χ0v) is 18.7. The Kier molecular flexibility index (Phi) is 5.68. The number of imidazole rings is 1. The summed E-state index contributed by atoms with van der Waals surface area (Å²) in [6.45, 7) is 1.07. The maximum atomic E-state index is 13.6. The number of halogens is 6. The molecule has 3 N–H and O–H groups in total. The molecule has 5 rings (SSSR count). The van der Waals surface area contributed by atoms with E-state index in [9.17, 15) is 26.3 Å². The third-order valence-electron chi connectivity index (χ3n) is 6.10.